The number of carbonyl (C=O) groups is 2. The molecular weight excluding hydrogens is 590 g/mol. The Labute approximate surface area is 255 Å². The maximum atomic E-state index is 12.8. The zero-order valence-electron chi connectivity index (χ0n) is 23.6. The van der Waals surface area contributed by atoms with Gasteiger partial charge < -0.3 is 35.3 Å². The van der Waals surface area contributed by atoms with Crippen LogP contribution in [0.5, 0.6) is 17.2 Å². The van der Waals surface area contributed by atoms with Crippen LogP contribution in [0, 0.1) is 0 Å². The Balaban J connectivity index is 1.32. The van der Waals surface area contributed by atoms with E-state index in [1.807, 2.05) is 23.6 Å². The Morgan fingerprint density at radius 1 is 0.837 bits per heavy atom. The number of carbonyl (C=O) groups excluding carboxylic acids is 2. The second-order valence-corrected chi connectivity index (χ2v) is 10.8. The Kier molecular flexibility index (Phi) is 8.74. The molecule has 1 amide bonds. The summed E-state index contributed by atoms with van der Waals surface area (Å²) in [7, 11) is 5.96. The average molecular weight is 618 g/mol. The van der Waals surface area contributed by atoms with E-state index in [1.54, 1.807) is 63.8 Å². The second-order valence-electron chi connectivity index (χ2n) is 8.91. The van der Waals surface area contributed by atoms with Crippen molar-refractivity contribution in [2.24, 2.45) is 0 Å². The number of benzene rings is 3. The number of anilines is 4. The smallest absolute Gasteiger partial charge is 0.337 e. The van der Waals surface area contributed by atoms with Crippen LogP contribution >= 0.6 is 22.7 Å². The van der Waals surface area contributed by atoms with Crippen LogP contribution in [0.4, 0.5) is 22.3 Å². The van der Waals surface area contributed by atoms with Crippen LogP contribution in [-0.4, -0.2) is 50.3 Å². The van der Waals surface area contributed by atoms with Crippen LogP contribution in [-0.2, 0) is 4.74 Å². The van der Waals surface area contributed by atoms with Gasteiger partial charge in [0, 0.05) is 40.0 Å². The Morgan fingerprint density at radius 3 is 2.19 bits per heavy atom. The van der Waals surface area contributed by atoms with E-state index in [4.69, 9.17) is 29.7 Å². The molecule has 0 bridgehead atoms. The third-order valence-electron chi connectivity index (χ3n) is 6.25. The standard InChI is InChI=1S/C30H27N5O6S2/c1-38-22-13-20(14-23(39-2)24(22)40-3)33-30-35-26(31)25(43-30)28-34-21(15-42-28)18-6-5-7-19(12-18)32-27(36)16-8-10-17(11-9-16)29(37)41-4/h5-15H,31H2,1-4H3,(H,32,36)(H,33,35). The molecular formula is C30H27N5O6S2. The number of nitrogens with zero attached hydrogens (tertiary/aromatic N) is 2. The number of hydrogen-bond donors (Lipinski definition) is 3. The van der Waals surface area contributed by atoms with Gasteiger partial charge in [0.1, 0.15) is 15.7 Å². The van der Waals surface area contributed by atoms with E-state index >= 15 is 0 Å². The fourth-order valence-electron chi connectivity index (χ4n) is 4.16. The van der Waals surface area contributed by atoms with Gasteiger partial charge >= 0.3 is 5.97 Å². The van der Waals surface area contributed by atoms with Gasteiger partial charge in [-0.25, -0.2) is 14.8 Å². The highest BCUT2D eigenvalue weighted by molar-refractivity contribution is 7.23. The maximum Gasteiger partial charge on any atom is 0.337 e. The molecule has 5 aromatic rings. The predicted molar refractivity (Wildman–Crippen MR) is 168 cm³/mol. The number of hydrogen-bond acceptors (Lipinski definition) is 12. The van der Waals surface area contributed by atoms with Gasteiger partial charge in [-0.3, -0.25) is 4.79 Å². The van der Waals surface area contributed by atoms with Gasteiger partial charge in [0.05, 0.1) is 39.7 Å². The van der Waals surface area contributed by atoms with Gasteiger partial charge in [-0.1, -0.05) is 23.5 Å². The molecule has 43 heavy (non-hydrogen) atoms. The Hall–Kier alpha value is -5.14. The predicted octanol–water partition coefficient (Wildman–Crippen LogP) is 6.32. The molecule has 0 aliphatic carbocycles. The first-order valence-electron chi connectivity index (χ1n) is 12.7. The summed E-state index contributed by atoms with van der Waals surface area (Å²) in [4.78, 5) is 34.4. The van der Waals surface area contributed by atoms with Crippen molar-refractivity contribution in [1.29, 1.82) is 0 Å². The first kappa shape index (κ1) is 29.4. The fraction of sp³-hybridized carbons (Fsp3) is 0.133. The molecule has 3 aromatic carbocycles. The van der Waals surface area contributed by atoms with Crippen LogP contribution in [0.3, 0.4) is 0 Å². The number of ether oxygens (including phenoxy) is 4. The number of nitrogen functional groups attached to an aromatic ring is 1. The summed E-state index contributed by atoms with van der Waals surface area (Å²) in [6.07, 6.45) is 0. The summed E-state index contributed by atoms with van der Waals surface area (Å²) in [5.41, 5.74) is 9.89. The number of aromatic nitrogens is 2. The van der Waals surface area contributed by atoms with Gasteiger partial charge in [0.25, 0.3) is 5.91 Å². The van der Waals surface area contributed by atoms with Crippen LogP contribution in [0.25, 0.3) is 21.1 Å². The zero-order valence-corrected chi connectivity index (χ0v) is 25.2. The van der Waals surface area contributed by atoms with Gasteiger partial charge in [-0.15, -0.1) is 11.3 Å². The monoisotopic (exact) mass is 617 g/mol. The van der Waals surface area contributed by atoms with E-state index in [0.29, 0.717) is 55.7 Å². The van der Waals surface area contributed by atoms with Gasteiger partial charge in [-0.2, -0.15) is 0 Å². The summed E-state index contributed by atoms with van der Waals surface area (Å²) < 4.78 is 21.0. The van der Waals surface area contributed by atoms with Crippen LogP contribution < -0.4 is 30.6 Å². The normalized spacial score (nSPS) is 10.6. The molecule has 0 spiro atoms. The molecule has 220 valence electrons. The minimum atomic E-state index is -0.464. The molecule has 4 N–H and O–H groups in total. The van der Waals surface area contributed by atoms with Crippen molar-refractivity contribution in [3.63, 3.8) is 0 Å². The molecule has 0 unspecified atom stereocenters. The van der Waals surface area contributed by atoms with E-state index < -0.39 is 5.97 Å². The summed E-state index contributed by atoms with van der Waals surface area (Å²) in [6.45, 7) is 0. The largest absolute Gasteiger partial charge is 0.493 e. The number of nitrogens with one attached hydrogen (secondary N) is 2. The Bertz CT molecular complexity index is 1760. The number of rotatable bonds is 10. The first-order chi connectivity index (χ1) is 20.8. The lowest BCUT2D eigenvalue weighted by molar-refractivity contribution is 0.0600. The molecule has 0 saturated heterocycles. The molecule has 2 heterocycles. The van der Waals surface area contributed by atoms with Crippen molar-refractivity contribution in [1.82, 2.24) is 9.97 Å². The topological polar surface area (TPSA) is 147 Å². The van der Waals surface area contributed by atoms with E-state index in [9.17, 15) is 9.59 Å². The minimum Gasteiger partial charge on any atom is -0.493 e. The van der Waals surface area contributed by atoms with E-state index in [1.165, 1.54) is 29.8 Å². The minimum absolute atomic E-state index is 0.308. The highest BCUT2D eigenvalue weighted by atomic mass is 32.1. The van der Waals surface area contributed by atoms with E-state index in [2.05, 4.69) is 15.6 Å². The number of methoxy groups -OCH3 is 4. The zero-order chi connectivity index (χ0) is 30.5. The summed E-state index contributed by atoms with van der Waals surface area (Å²) in [6, 6.07) is 17.2. The van der Waals surface area contributed by atoms with Crippen LogP contribution in [0.2, 0.25) is 0 Å². The van der Waals surface area contributed by atoms with Gasteiger partial charge in [-0.05, 0) is 36.4 Å². The second kappa shape index (κ2) is 12.8. The number of amides is 1. The molecule has 2 aromatic heterocycles. The van der Waals surface area contributed by atoms with Crippen molar-refractivity contribution in [2.75, 3.05) is 44.8 Å². The Morgan fingerprint density at radius 2 is 1.53 bits per heavy atom. The molecule has 0 aliphatic heterocycles. The van der Waals surface area contributed by atoms with Crippen LogP contribution in [0.15, 0.2) is 66.0 Å². The molecule has 0 aliphatic rings. The first-order valence-corrected chi connectivity index (χ1v) is 14.4. The van der Waals surface area contributed by atoms with Crippen molar-refractivity contribution >= 4 is 56.9 Å². The number of esters is 1. The summed E-state index contributed by atoms with van der Waals surface area (Å²) >= 11 is 2.81. The lowest BCUT2D eigenvalue weighted by Gasteiger charge is -2.14. The lowest BCUT2D eigenvalue weighted by Crippen LogP contribution is -2.12. The summed E-state index contributed by atoms with van der Waals surface area (Å²) in [5, 5.41) is 9.34. The third kappa shape index (κ3) is 6.37. The van der Waals surface area contributed by atoms with E-state index in [0.717, 1.165) is 16.1 Å². The molecule has 0 saturated carbocycles. The molecule has 0 atom stereocenters. The van der Waals surface area contributed by atoms with Crippen molar-refractivity contribution < 1.29 is 28.5 Å². The van der Waals surface area contributed by atoms with Crippen molar-refractivity contribution in [3.8, 4) is 38.4 Å². The average Bonchev–Trinajstić information content (AvgIpc) is 3.66. The van der Waals surface area contributed by atoms with Gasteiger partial charge in [0.15, 0.2) is 16.6 Å². The van der Waals surface area contributed by atoms with Crippen LogP contribution in [0.1, 0.15) is 20.7 Å². The molecule has 5 rings (SSSR count). The molecule has 0 fully saturated rings. The molecule has 0 radical (unpaired) electrons. The number of nitrogens with two attached hydrogens (primary N) is 1. The van der Waals surface area contributed by atoms with Crippen molar-refractivity contribution in [2.45, 2.75) is 0 Å². The quantitative estimate of drug-likeness (QED) is 0.152. The lowest BCUT2D eigenvalue weighted by atomic mass is 10.1. The number of thiazole rings is 2. The van der Waals surface area contributed by atoms with Crippen molar-refractivity contribution in [3.05, 3.63) is 77.2 Å². The maximum absolute atomic E-state index is 12.8. The summed E-state index contributed by atoms with van der Waals surface area (Å²) in [5.74, 6) is 1.08. The molecule has 13 heteroatoms. The SMILES string of the molecule is COC(=O)c1ccc(C(=O)Nc2cccc(-c3csc(-c4sc(Nc5cc(OC)c(OC)c(OC)c5)nc4N)n3)c2)cc1. The van der Waals surface area contributed by atoms with E-state index in [-0.39, 0.29) is 5.91 Å². The fourth-order valence-corrected chi connectivity index (χ4v) is 5.99. The highest BCUT2D eigenvalue weighted by Crippen LogP contribution is 2.43. The third-order valence-corrected chi connectivity index (χ3v) is 8.23. The molecule has 11 nitrogen and oxygen atoms in total. The van der Waals surface area contributed by atoms with Gasteiger partial charge in [0.2, 0.25) is 5.75 Å². The highest BCUT2D eigenvalue weighted by Gasteiger charge is 2.18.